The monoisotopic (exact) mass is 266 g/mol. The minimum atomic E-state index is -0.742. The van der Waals surface area contributed by atoms with Crippen LogP contribution in [0.3, 0.4) is 0 Å². The summed E-state index contributed by atoms with van der Waals surface area (Å²) in [5.74, 6) is -0.742. The molecule has 0 saturated carbocycles. The number of piperazine rings is 1. The molecule has 19 heavy (non-hydrogen) atoms. The summed E-state index contributed by atoms with van der Waals surface area (Å²) >= 11 is 0. The van der Waals surface area contributed by atoms with E-state index in [-0.39, 0.29) is 0 Å². The average molecular weight is 266 g/mol. The van der Waals surface area contributed by atoms with Crippen LogP contribution in [0.25, 0.3) is 0 Å². The maximum absolute atomic E-state index is 11.0. The lowest BCUT2D eigenvalue weighted by Crippen LogP contribution is -2.52. The molecule has 6 nitrogen and oxygen atoms in total. The van der Waals surface area contributed by atoms with Crippen LogP contribution in [0.1, 0.15) is 25.5 Å². The molecule has 0 bridgehead atoms. The van der Waals surface area contributed by atoms with Crippen molar-refractivity contribution in [1.82, 2.24) is 19.6 Å². The maximum atomic E-state index is 11.0. The molecule has 1 saturated heterocycles. The van der Waals surface area contributed by atoms with Gasteiger partial charge in [-0.1, -0.05) is 0 Å². The molecule has 0 aromatic carbocycles. The van der Waals surface area contributed by atoms with E-state index >= 15 is 0 Å². The number of carboxylic acids is 1. The lowest BCUT2D eigenvalue weighted by atomic mass is 10.1. The predicted octanol–water partition coefficient (Wildman–Crippen LogP) is 0.572. The molecular formula is C13H22N4O2. The Balaban J connectivity index is 1.91. The fourth-order valence-corrected chi connectivity index (χ4v) is 2.53. The van der Waals surface area contributed by atoms with Gasteiger partial charge in [-0.25, -0.2) is 0 Å². The van der Waals surface area contributed by atoms with Crippen LogP contribution in [-0.2, 0) is 11.8 Å². The van der Waals surface area contributed by atoms with Gasteiger partial charge in [-0.3, -0.25) is 19.3 Å². The van der Waals surface area contributed by atoms with Crippen LogP contribution < -0.4 is 0 Å². The fourth-order valence-electron chi connectivity index (χ4n) is 2.53. The van der Waals surface area contributed by atoms with Crippen molar-refractivity contribution in [3.05, 3.63) is 18.0 Å². The van der Waals surface area contributed by atoms with Gasteiger partial charge in [0.1, 0.15) is 6.04 Å². The van der Waals surface area contributed by atoms with Crippen molar-refractivity contribution in [2.45, 2.75) is 25.9 Å². The lowest BCUT2D eigenvalue weighted by Gasteiger charge is -2.39. The maximum Gasteiger partial charge on any atom is 0.320 e. The Morgan fingerprint density at radius 1 is 1.26 bits per heavy atom. The summed E-state index contributed by atoms with van der Waals surface area (Å²) in [7, 11) is 1.92. The fraction of sp³-hybridized carbons (Fsp3) is 0.692. The molecule has 1 N–H and O–H groups in total. The Kier molecular flexibility index (Phi) is 4.21. The summed E-state index contributed by atoms with van der Waals surface area (Å²) in [5.41, 5.74) is 1.21. The molecule has 2 unspecified atom stereocenters. The van der Waals surface area contributed by atoms with Crippen molar-refractivity contribution in [2.75, 3.05) is 26.2 Å². The third kappa shape index (κ3) is 3.13. The molecule has 1 aromatic rings. The van der Waals surface area contributed by atoms with Crippen LogP contribution in [0.15, 0.2) is 12.4 Å². The summed E-state index contributed by atoms with van der Waals surface area (Å²) in [6.45, 7) is 7.33. The van der Waals surface area contributed by atoms with Crippen LogP contribution in [0.4, 0.5) is 0 Å². The molecule has 0 aliphatic carbocycles. The minimum Gasteiger partial charge on any atom is -0.480 e. The Morgan fingerprint density at radius 2 is 1.84 bits per heavy atom. The Bertz CT molecular complexity index is 438. The smallest absolute Gasteiger partial charge is 0.320 e. The number of aryl methyl sites for hydroxylation is 1. The van der Waals surface area contributed by atoms with Crippen LogP contribution in [0.2, 0.25) is 0 Å². The van der Waals surface area contributed by atoms with E-state index in [2.05, 4.69) is 16.9 Å². The van der Waals surface area contributed by atoms with Gasteiger partial charge in [-0.2, -0.15) is 5.10 Å². The van der Waals surface area contributed by atoms with Crippen LogP contribution in [-0.4, -0.2) is 62.9 Å². The van der Waals surface area contributed by atoms with Crippen molar-refractivity contribution in [3.63, 3.8) is 0 Å². The van der Waals surface area contributed by atoms with E-state index in [1.165, 1.54) is 5.56 Å². The number of hydrogen-bond acceptors (Lipinski definition) is 4. The lowest BCUT2D eigenvalue weighted by molar-refractivity contribution is -0.143. The number of hydrogen-bond donors (Lipinski definition) is 1. The van der Waals surface area contributed by atoms with E-state index in [9.17, 15) is 4.79 Å². The molecule has 0 radical (unpaired) electrons. The van der Waals surface area contributed by atoms with E-state index in [1.807, 2.05) is 29.0 Å². The average Bonchev–Trinajstić information content (AvgIpc) is 2.84. The second-order valence-corrected chi connectivity index (χ2v) is 5.21. The molecule has 1 aromatic heterocycles. The van der Waals surface area contributed by atoms with E-state index in [0.717, 1.165) is 26.2 Å². The van der Waals surface area contributed by atoms with Crippen LogP contribution in [0, 0.1) is 0 Å². The van der Waals surface area contributed by atoms with Gasteiger partial charge in [0.25, 0.3) is 0 Å². The number of carboxylic acid groups (broad SMARTS) is 1. The summed E-state index contributed by atoms with van der Waals surface area (Å²) in [4.78, 5) is 15.4. The van der Waals surface area contributed by atoms with Gasteiger partial charge in [-0.15, -0.1) is 0 Å². The summed E-state index contributed by atoms with van der Waals surface area (Å²) < 4.78 is 1.81. The normalized spacial score (nSPS) is 21.2. The molecule has 2 atom stereocenters. The highest BCUT2D eigenvalue weighted by Crippen LogP contribution is 2.21. The van der Waals surface area contributed by atoms with Gasteiger partial charge in [-0.05, 0) is 13.8 Å². The third-order valence-electron chi connectivity index (χ3n) is 4.01. The molecule has 6 heteroatoms. The van der Waals surface area contributed by atoms with Gasteiger partial charge in [0.15, 0.2) is 0 Å². The quantitative estimate of drug-likeness (QED) is 0.863. The van der Waals surface area contributed by atoms with Gasteiger partial charge >= 0.3 is 5.97 Å². The topological polar surface area (TPSA) is 61.6 Å². The van der Waals surface area contributed by atoms with Gasteiger partial charge in [0.05, 0.1) is 6.20 Å². The van der Waals surface area contributed by atoms with E-state index in [4.69, 9.17) is 5.11 Å². The first-order valence-electron chi connectivity index (χ1n) is 6.68. The number of carbonyl (C=O) groups is 1. The third-order valence-corrected chi connectivity index (χ3v) is 4.01. The van der Waals surface area contributed by atoms with Crippen LogP contribution in [0.5, 0.6) is 0 Å². The van der Waals surface area contributed by atoms with Crippen molar-refractivity contribution in [2.24, 2.45) is 7.05 Å². The first-order chi connectivity index (χ1) is 8.99. The first-order valence-corrected chi connectivity index (χ1v) is 6.68. The van der Waals surface area contributed by atoms with Crippen molar-refractivity contribution in [1.29, 1.82) is 0 Å². The van der Waals surface area contributed by atoms with Crippen molar-refractivity contribution >= 4 is 5.97 Å². The molecule has 0 spiro atoms. The van der Waals surface area contributed by atoms with Gasteiger partial charge in [0, 0.05) is 51.0 Å². The molecule has 0 amide bonds. The number of rotatable bonds is 4. The molecule has 2 heterocycles. The standard InChI is InChI=1S/C13H22N4O2/c1-10(12-8-14-15(3)9-12)16-4-6-17(7-5-16)11(2)13(18)19/h8-11H,4-7H2,1-3H3,(H,18,19). The molecule has 1 aliphatic heterocycles. The molecular weight excluding hydrogens is 244 g/mol. The molecule has 1 aliphatic rings. The minimum absolute atomic E-state index is 0.330. The van der Waals surface area contributed by atoms with E-state index < -0.39 is 12.0 Å². The molecule has 106 valence electrons. The summed E-state index contributed by atoms with van der Waals surface area (Å²) in [6.07, 6.45) is 3.94. The number of aliphatic carboxylic acids is 1. The highest BCUT2D eigenvalue weighted by Gasteiger charge is 2.27. The largest absolute Gasteiger partial charge is 0.480 e. The first kappa shape index (κ1) is 14.0. The van der Waals surface area contributed by atoms with Crippen LogP contribution >= 0.6 is 0 Å². The Morgan fingerprint density at radius 3 is 2.32 bits per heavy atom. The zero-order chi connectivity index (χ0) is 14.0. The zero-order valence-electron chi connectivity index (χ0n) is 11.8. The number of aromatic nitrogens is 2. The second-order valence-electron chi connectivity index (χ2n) is 5.21. The molecule has 2 rings (SSSR count). The van der Waals surface area contributed by atoms with E-state index in [1.54, 1.807) is 6.92 Å². The highest BCUT2D eigenvalue weighted by molar-refractivity contribution is 5.72. The summed E-state index contributed by atoms with van der Waals surface area (Å²) in [5, 5.41) is 13.2. The van der Waals surface area contributed by atoms with Crippen molar-refractivity contribution in [3.8, 4) is 0 Å². The summed E-state index contributed by atoms with van der Waals surface area (Å²) in [6, 6.07) is -0.0631. The second kappa shape index (κ2) is 5.71. The Hall–Kier alpha value is -1.40. The highest BCUT2D eigenvalue weighted by atomic mass is 16.4. The number of nitrogens with zero attached hydrogens (tertiary/aromatic N) is 4. The zero-order valence-corrected chi connectivity index (χ0v) is 11.8. The predicted molar refractivity (Wildman–Crippen MR) is 71.9 cm³/mol. The van der Waals surface area contributed by atoms with E-state index in [0.29, 0.717) is 6.04 Å². The van der Waals surface area contributed by atoms with Crippen molar-refractivity contribution < 1.29 is 9.90 Å². The van der Waals surface area contributed by atoms with Gasteiger partial charge < -0.3 is 5.11 Å². The van der Waals surface area contributed by atoms with Gasteiger partial charge in [0.2, 0.25) is 0 Å². The Labute approximate surface area is 113 Å². The SMILES string of the molecule is CC(C(=O)O)N1CCN(C(C)c2cnn(C)c2)CC1. The molecule has 1 fully saturated rings.